The molecule has 3 amide bonds. The predicted molar refractivity (Wildman–Crippen MR) is 132 cm³/mol. The summed E-state index contributed by atoms with van der Waals surface area (Å²) >= 11 is 12.6. The summed E-state index contributed by atoms with van der Waals surface area (Å²) in [4.78, 5) is 36.0. The van der Waals surface area contributed by atoms with Gasteiger partial charge >= 0.3 is 6.03 Å². The highest BCUT2D eigenvalue weighted by atomic mass is 35.5. The standard InChI is InChI=1S/C22H25Cl2N5O4S/c1-2-14-34(32,33)28-15-19(29(22(28)31)18-8-4-3-6-16(18)23)21(30)27-12-10-26(11-13-27)20-17(24)7-5-9-25-20/h3-9,19H,2,10-15H2,1H3/t19-/m0/s1. The first kappa shape index (κ1) is 24.6. The minimum Gasteiger partial charge on any atom is -0.352 e. The van der Waals surface area contributed by atoms with Crippen LogP contribution in [0.2, 0.25) is 10.0 Å². The number of amides is 3. The van der Waals surface area contributed by atoms with Gasteiger partial charge in [-0.1, -0.05) is 42.3 Å². The van der Waals surface area contributed by atoms with Gasteiger partial charge in [-0.2, -0.15) is 0 Å². The van der Waals surface area contributed by atoms with Crippen LogP contribution in [0.15, 0.2) is 42.6 Å². The fraction of sp³-hybridized carbons (Fsp3) is 0.409. The van der Waals surface area contributed by atoms with Crippen LogP contribution in [0.1, 0.15) is 13.3 Å². The van der Waals surface area contributed by atoms with Crippen LogP contribution in [0, 0.1) is 0 Å². The molecule has 182 valence electrons. The number of carbonyl (C=O) groups excluding carboxylic acids is 2. The molecule has 0 unspecified atom stereocenters. The number of hydrogen-bond donors (Lipinski definition) is 0. The Balaban J connectivity index is 1.58. The van der Waals surface area contributed by atoms with Crippen LogP contribution in [-0.4, -0.2) is 79.1 Å². The van der Waals surface area contributed by atoms with Crippen molar-refractivity contribution in [3.63, 3.8) is 0 Å². The Morgan fingerprint density at radius 2 is 1.74 bits per heavy atom. The largest absolute Gasteiger partial charge is 0.352 e. The van der Waals surface area contributed by atoms with Gasteiger partial charge in [0.05, 0.1) is 28.0 Å². The monoisotopic (exact) mass is 525 g/mol. The van der Waals surface area contributed by atoms with Crippen molar-refractivity contribution in [2.75, 3.05) is 48.3 Å². The molecule has 0 radical (unpaired) electrons. The average molecular weight is 526 g/mol. The van der Waals surface area contributed by atoms with Crippen molar-refractivity contribution >= 4 is 56.7 Å². The van der Waals surface area contributed by atoms with E-state index in [2.05, 4.69) is 4.98 Å². The molecule has 2 saturated heterocycles. The van der Waals surface area contributed by atoms with Gasteiger partial charge in [-0.15, -0.1) is 0 Å². The predicted octanol–water partition coefficient (Wildman–Crippen LogP) is 3.09. The number of pyridine rings is 1. The fourth-order valence-electron chi connectivity index (χ4n) is 4.24. The van der Waals surface area contributed by atoms with Gasteiger partial charge in [-0.3, -0.25) is 9.69 Å². The highest BCUT2D eigenvalue weighted by molar-refractivity contribution is 7.89. The molecule has 0 saturated carbocycles. The summed E-state index contributed by atoms with van der Waals surface area (Å²) in [6, 6.07) is 8.35. The lowest BCUT2D eigenvalue weighted by molar-refractivity contribution is -0.132. The van der Waals surface area contributed by atoms with E-state index in [1.807, 2.05) is 4.90 Å². The molecule has 1 atom stereocenters. The first-order valence-electron chi connectivity index (χ1n) is 11.0. The summed E-state index contributed by atoms with van der Waals surface area (Å²) in [5.41, 5.74) is 0.306. The van der Waals surface area contributed by atoms with Crippen molar-refractivity contribution in [3.8, 4) is 0 Å². The van der Waals surface area contributed by atoms with Gasteiger partial charge in [-0.25, -0.2) is 22.5 Å². The van der Waals surface area contributed by atoms with Crippen molar-refractivity contribution in [1.29, 1.82) is 0 Å². The molecule has 34 heavy (non-hydrogen) atoms. The maximum Gasteiger partial charge on any atom is 0.339 e. The first-order valence-corrected chi connectivity index (χ1v) is 13.3. The molecule has 0 bridgehead atoms. The second-order valence-electron chi connectivity index (χ2n) is 8.09. The topological polar surface area (TPSA) is 94.1 Å². The van der Waals surface area contributed by atoms with Crippen LogP contribution < -0.4 is 9.80 Å². The quantitative estimate of drug-likeness (QED) is 0.575. The number of urea groups is 1. The molecule has 4 rings (SSSR count). The number of hydrogen-bond acceptors (Lipinski definition) is 6. The number of carbonyl (C=O) groups is 2. The van der Waals surface area contributed by atoms with Crippen molar-refractivity contribution in [3.05, 3.63) is 52.6 Å². The van der Waals surface area contributed by atoms with Crippen molar-refractivity contribution in [1.82, 2.24) is 14.2 Å². The summed E-state index contributed by atoms with van der Waals surface area (Å²) in [7, 11) is -3.86. The fourth-order valence-corrected chi connectivity index (χ4v) is 6.14. The van der Waals surface area contributed by atoms with Crippen LogP contribution in [0.25, 0.3) is 0 Å². The van der Waals surface area contributed by atoms with Crippen molar-refractivity contribution in [2.24, 2.45) is 0 Å². The SMILES string of the molecule is CCCS(=O)(=O)N1C[C@@H](C(=O)N2CCN(c3ncccc3Cl)CC2)N(c2ccccc2Cl)C1=O. The van der Waals surface area contributed by atoms with Gasteiger partial charge in [0.1, 0.15) is 11.9 Å². The van der Waals surface area contributed by atoms with E-state index in [0.717, 1.165) is 4.31 Å². The van der Waals surface area contributed by atoms with Gasteiger partial charge in [0.15, 0.2) is 0 Å². The first-order chi connectivity index (χ1) is 16.2. The van der Waals surface area contributed by atoms with Crippen molar-refractivity contribution in [2.45, 2.75) is 19.4 Å². The summed E-state index contributed by atoms with van der Waals surface area (Å²) in [5.74, 6) is 0.149. The number of para-hydroxylation sites is 1. The molecule has 9 nitrogen and oxygen atoms in total. The van der Waals surface area contributed by atoms with Crippen LogP contribution in [0.4, 0.5) is 16.3 Å². The molecule has 1 aromatic carbocycles. The molecule has 2 fully saturated rings. The smallest absolute Gasteiger partial charge is 0.339 e. The zero-order chi connectivity index (χ0) is 24.5. The van der Waals surface area contributed by atoms with Gasteiger partial charge in [0.25, 0.3) is 0 Å². The van der Waals surface area contributed by atoms with E-state index in [4.69, 9.17) is 23.2 Å². The van der Waals surface area contributed by atoms with E-state index in [-0.39, 0.29) is 23.2 Å². The van der Waals surface area contributed by atoms with Crippen molar-refractivity contribution < 1.29 is 18.0 Å². The maximum atomic E-state index is 13.6. The summed E-state index contributed by atoms with van der Waals surface area (Å²) in [6.45, 7) is 3.25. The van der Waals surface area contributed by atoms with Gasteiger partial charge in [-0.05, 0) is 30.7 Å². The third-order valence-corrected chi connectivity index (χ3v) is 8.41. The molecule has 12 heteroatoms. The summed E-state index contributed by atoms with van der Waals surface area (Å²) < 4.78 is 26.3. The van der Waals surface area contributed by atoms with E-state index in [0.29, 0.717) is 49.1 Å². The molecular weight excluding hydrogens is 501 g/mol. The Bertz CT molecular complexity index is 1190. The number of halogens is 2. The lowest BCUT2D eigenvalue weighted by atomic mass is 10.2. The third-order valence-electron chi connectivity index (χ3n) is 5.89. The van der Waals surface area contributed by atoms with E-state index in [1.165, 1.54) is 4.90 Å². The van der Waals surface area contributed by atoms with Crippen LogP contribution in [0.3, 0.4) is 0 Å². The van der Waals surface area contributed by atoms with Gasteiger partial charge < -0.3 is 9.80 Å². The highest BCUT2D eigenvalue weighted by Crippen LogP contribution is 2.33. The number of anilines is 2. The Kier molecular flexibility index (Phi) is 7.20. The molecular formula is C22H25Cl2N5O4S. The zero-order valence-electron chi connectivity index (χ0n) is 18.6. The molecule has 0 spiro atoms. The average Bonchev–Trinajstić information content (AvgIpc) is 3.17. The minimum atomic E-state index is -3.86. The molecule has 0 N–H and O–H groups in total. The molecule has 0 aliphatic carbocycles. The lowest BCUT2D eigenvalue weighted by Gasteiger charge is -2.37. The third kappa shape index (κ3) is 4.67. The van der Waals surface area contributed by atoms with E-state index in [9.17, 15) is 18.0 Å². The normalized spacial score (nSPS) is 19.1. The van der Waals surface area contributed by atoms with Crippen LogP contribution in [-0.2, 0) is 14.8 Å². The number of piperazine rings is 1. The Hall–Kier alpha value is -2.56. The molecule has 2 aromatic rings. The second kappa shape index (κ2) is 9.97. The number of sulfonamides is 1. The molecule has 2 aliphatic heterocycles. The number of benzene rings is 1. The number of nitrogens with zero attached hydrogens (tertiary/aromatic N) is 5. The Morgan fingerprint density at radius 3 is 2.38 bits per heavy atom. The lowest BCUT2D eigenvalue weighted by Crippen LogP contribution is -2.55. The minimum absolute atomic E-state index is 0.181. The van der Waals surface area contributed by atoms with E-state index in [1.54, 1.807) is 54.4 Å². The molecule has 1 aromatic heterocycles. The maximum absolute atomic E-state index is 13.6. The van der Waals surface area contributed by atoms with Crippen LogP contribution in [0.5, 0.6) is 0 Å². The second-order valence-corrected chi connectivity index (χ2v) is 10.9. The molecule has 2 aliphatic rings. The number of aromatic nitrogens is 1. The van der Waals surface area contributed by atoms with Crippen LogP contribution >= 0.6 is 23.2 Å². The number of rotatable bonds is 6. The Morgan fingerprint density at radius 1 is 1.06 bits per heavy atom. The summed E-state index contributed by atoms with van der Waals surface area (Å²) in [6.07, 6.45) is 2.02. The molecule has 3 heterocycles. The summed E-state index contributed by atoms with van der Waals surface area (Å²) in [5, 5.41) is 0.795. The Labute approximate surface area is 208 Å². The highest BCUT2D eigenvalue weighted by Gasteiger charge is 2.48. The van der Waals surface area contributed by atoms with Gasteiger partial charge in [0, 0.05) is 32.4 Å². The zero-order valence-corrected chi connectivity index (χ0v) is 20.9. The van der Waals surface area contributed by atoms with E-state index >= 15 is 0 Å². The van der Waals surface area contributed by atoms with Gasteiger partial charge in [0.2, 0.25) is 15.9 Å². The van der Waals surface area contributed by atoms with E-state index < -0.39 is 22.1 Å².